The summed E-state index contributed by atoms with van der Waals surface area (Å²) in [5.41, 5.74) is 2.02. The summed E-state index contributed by atoms with van der Waals surface area (Å²) >= 11 is 0. The summed E-state index contributed by atoms with van der Waals surface area (Å²) in [6.45, 7) is 0. The number of phenols is 1. The summed E-state index contributed by atoms with van der Waals surface area (Å²) in [5.74, 6) is -3.26. The van der Waals surface area contributed by atoms with E-state index in [1.54, 1.807) is 34.9 Å². The van der Waals surface area contributed by atoms with E-state index in [1.807, 2.05) is 19.3 Å². The van der Waals surface area contributed by atoms with Crippen LogP contribution < -0.4 is 0 Å². The van der Waals surface area contributed by atoms with Gasteiger partial charge < -0.3 is 14.2 Å². The first kappa shape index (κ1) is 15.9. The smallest absolute Gasteiger partial charge is 0.202 e. The largest absolute Gasteiger partial charge is 0.505 e. The predicted molar refractivity (Wildman–Crippen MR) is 94.0 cm³/mol. The molecule has 0 radical (unpaired) electrons. The Bertz CT molecular complexity index is 1200. The van der Waals surface area contributed by atoms with Crippen molar-refractivity contribution in [1.29, 1.82) is 5.26 Å². The van der Waals surface area contributed by atoms with Gasteiger partial charge in [0.15, 0.2) is 11.6 Å². The zero-order valence-electron chi connectivity index (χ0n) is 13.7. The first-order valence-electron chi connectivity index (χ1n) is 7.87. The van der Waals surface area contributed by atoms with E-state index in [0.717, 1.165) is 6.07 Å². The van der Waals surface area contributed by atoms with Crippen LogP contribution in [0.5, 0.6) is 5.75 Å². The van der Waals surface area contributed by atoms with Crippen LogP contribution in [-0.2, 0) is 7.05 Å². The molecule has 6 heteroatoms. The fourth-order valence-electron chi connectivity index (χ4n) is 3.25. The molecule has 0 saturated heterocycles. The Kier molecular flexibility index (Phi) is 3.51. The van der Waals surface area contributed by atoms with Crippen LogP contribution in [0, 0.1) is 23.0 Å². The zero-order valence-corrected chi connectivity index (χ0v) is 13.7. The van der Waals surface area contributed by atoms with E-state index >= 15 is 0 Å². The topological polar surface area (TPSA) is 53.9 Å². The van der Waals surface area contributed by atoms with Gasteiger partial charge in [-0.05, 0) is 30.3 Å². The van der Waals surface area contributed by atoms with Crippen LogP contribution in [0.1, 0.15) is 5.56 Å². The summed E-state index contributed by atoms with van der Waals surface area (Å²) < 4.78 is 32.0. The number of hydrogen-bond donors (Lipinski definition) is 1. The maximum atomic E-state index is 14.7. The number of aromatic nitrogens is 2. The summed E-state index contributed by atoms with van der Waals surface area (Å²) in [5, 5.41) is 19.8. The number of halogens is 2. The fraction of sp³-hybridized carbons (Fsp3) is 0.0500. The molecule has 0 atom stereocenters. The van der Waals surface area contributed by atoms with Crippen molar-refractivity contribution in [3.05, 3.63) is 71.9 Å². The van der Waals surface area contributed by atoms with E-state index in [4.69, 9.17) is 0 Å². The molecular weight excluding hydrogens is 336 g/mol. The highest BCUT2D eigenvalue weighted by Gasteiger charge is 2.24. The number of para-hydroxylation sites is 1. The molecule has 2 heterocycles. The number of hydrogen-bond acceptors (Lipinski definition) is 2. The highest BCUT2D eigenvalue weighted by atomic mass is 19.2. The predicted octanol–water partition coefficient (Wildman–Crippen LogP) is 4.49. The molecule has 0 saturated carbocycles. The Morgan fingerprint density at radius 3 is 2.46 bits per heavy atom. The molecule has 26 heavy (non-hydrogen) atoms. The van der Waals surface area contributed by atoms with Gasteiger partial charge in [-0.2, -0.15) is 9.65 Å². The Hall–Kier alpha value is -3.59. The molecular formula is C20H13F2N3O. The number of aromatic hydroxyl groups is 1. The van der Waals surface area contributed by atoms with Gasteiger partial charge in [-0.1, -0.05) is 18.2 Å². The molecule has 4 nitrogen and oxygen atoms in total. The molecule has 128 valence electrons. The number of aryl methyl sites for hydroxylation is 1. The molecule has 0 amide bonds. The Labute approximate surface area is 147 Å². The third-order valence-electron chi connectivity index (χ3n) is 4.46. The van der Waals surface area contributed by atoms with Gasteiger partial charge in [0.2, 0.25) is 5.82 Å². The number of benzene rings is 2. The van der Waals surface area contributed by atoms with Crippen molar-refractivity contribution >= 4 is 10.9 Å². The van der Waals surface area contributed by atoms with Gasteiger partial charge in [-0.15, -0.1) is 0 Å². The summed E-state index contributed by atoms with van der Waals surface area (Å²) in [6, 6.07) is 15.3. The van der Waals surface area contributed by atoms with Gasteiger partial charge in [-0.25, -0.2) is 4.39 Å². The molecule has 0 fully saturated rings. The SMILES string of the molecule is Cn1cccc1-c1c(C#N)c2ccccc2n1-c1ccc(O)c(F)c1F. The van der Waals surface area contributed by atoms with Crippen LogP contribution in [0.25, 0.3) is 28.0 Å². The van der Waals surface area contributed by atoms with Gasteiger partial charge in [0.05, 0.1) is 28.2 Å². The van der Waals surface area contributed by atoms with Crippen LogP contribution in [-0.4, -0.2) is 14.2 Å². The minimum atomic E-state index is -1.32. The Balaban J connectivity index is 2.21. The number of phenolic OH excluding ortho intramolecular Hbond substituents is 1. The van der Waals surface area contributed by atoms with Crippen molar-refractivity contribution < 1.29 is 13.9 Å². The van der Waals surface area contributed by atoms with Crippen molar-refractivity contribution in [1.82, 2.24) is 9.13 Å². The average molecular weight is 349 g/mol. The number of rotatable bonds is 2. The van der Waals surface area contributed by atoms with Gasteiger partial charge in [-0.3, -0.25) is 0 Å². The molecule has 4 rings (SSSR count). The monoisotopic (exact) mass is 349 g/mol. The average Bonchev–Trinajstić information content (AvgIpc) is 3.20. The van der Waals surface area contributed by atoms with Gasteiger partial charge in [0.25, 0.3) is 0 Å². The van der Waals surface area contributed by atoms with E-state index in [-0.39, 0.29) is 5.69 Å². The van der Waals surface area contributed by atoms with Crippen molar-refractivity contribution in [2.24, 2.45) is 7.05 Å². The quantitative estimate of drug-likeness (QED) is 0.580. The Morgan fingerprint density at radius 1 is 1.00 bits per heavy atom. The molecule has 1 N–H and O–H groups in total. The molecule has 4 aromatic rings. The van der Waals surface area contributed by atoms with E-state index in [9.17, 15) is 19.1 Å². The second kappa shape index (κ2) is 5.74. The van der Waals surface area contributed by atoms with Gasteiger partial charge >= 0.3 is 0 Å². The van der Waals surface area contributed by atoms with E-state index in [2.05, 4.69) is 6.07 Å². The van der Waals surface area contributed by atoms with Gasteiger partial charge in [0.1, 0.15) is 6.07 Å². The van der Waals surface area contributed by atoms with Crippen LogP contribution >= 0.6 is 0 Å². The fourth-order valence-corrected chi connectivity index (χ4v) is 3.25. The summed E-state index contributed by atoms with van der Waals surface area (Å²) in [7, 11) is 1.81. The van der Waals surface area contributed by atoms with E-state index < -0.39 is 17.4 Å². The zero-order chi connectivity index (χ0) is 18.4. The second-order valence-electron chi connectivity index (χ2n) is 5.92. The second-order valence-corrected chi connectivity index (χ2v) is 5.92. The minimum Gasteiger partial charge on any atom is -0.505 e. The van der Waals surface area contributed by atoms with Crippen LogP contribution in [0.2, 0.25) is 0 Å². The first-order valence-corrected chi connectivity index (χ1v) is 7.87. The van der Waals surface area contributed by atoms with Crippen molar-refractivity contribution in [3.8, 4) is 28.9 Å². The molecule has 0 spiro atoms. The van der Waals surface area contributed by atoms with Gasteiger partial charge in [0, 0.05) is 18.6 Å². The van der Waals surface area contributed by atoms with E-state index in [1.165, 1.54) is 10.6 Å². The Morgan fingerprint density at radius 2 is 1.77 bits per heavy atom. The third-order valence-corrected chi connectivity index (χ3v) is 4.46. The molecule has 0 aliphatic rings. The van der Waals surface area contributed by atoms with Crippen molar-refractivity contribution in [2.45, 2.75) is 0 Å². The highest BCUT2D eigenvalue weighted by molar-refractivity contribution is 5.95. The highest BCUT2D eigenvalue weighted by Crippen LogP contribution is 2.37. The summed E-state index contributed by atoms with van der Waals surface area (Å²) in [4.78, 5) is 0. The maximum absolute atomic E-state index is 14.7. The molecule has 2 aromatic heterocycles. The normalized spacial score (nSPS) is 11.0. The molecule has 0 bridgehead atoms. The van der Waals surface area contributed by atoms with Crippen LogP contribution in [0.4, 0.5) is 8.78 Å². The minimum absolute atomic E-state index is 0.0748. The van der Waals surface area contributed by atoms with Crippen molar-refractivity contribution in [2.75, 3.05) is 0 Å². The van der Waals surface area contributed by atoms with E-state index in [0.29, 0.717) is 27.9 Å². The number of fused-ring (bicyclic) bond motifs is 1. The molecule has 0 unspecified atom stereocenters. The van der Waals surface area contributed by atoms with Crippen LogP contribution in [0.15, 0.2) is 54.7 Å². The lowest BCUT2D eigenvalue weighted by Gasteiger charge is -2.14. The number of nitriles is 1. The lowest BCUT2D eigenvalue weighted by Crippen LogP contribution is -2.04. The lowest BCUT2D eigenvalue weighted by molar-refractivity contribution is 0.406. The lowest BCUT2D eigenvalue weighted by atomic mass is 10.1. The van der Waals surface area contributed by atoms with Crippen molar-refractivity contribution in [3.63, 3.8) is 0 Å². The maximum Gasteiger partial charge on any atom is 0.202 e. The third kappa shape index (κ3) is 2.11. The molecule has 0 aliphatic carbocycles. The molecule has 2 aromatic carbocycles. The summed E-state index contributed by atoms with van der Waals surface area (Å²) in [6.07, 6.45) is 1.81. The van der Waals surface area contributed by atoms with Crippen LogP contribution in [0.3, 0.4) is 0 Å². The molecule has 0 aliphatic heterocycles. The standard InChI is InChI=1S/C20H13F2N3O/c1-24-10-4-7-16(24)20-13(11-23)12-5-2-3-6-14(12)25(20)15-8-9-17(26)19(22)18(15)21/h2-10,26H,1H3. The first-order chi connectivity index (χ1) is 12.5. The number of nitrogens with zero attached hydrogens (tertiary/aromatic N) is 3.